The minimum atomic E-state index is -0.318. The van der Waals surface area contributed by atoms with E-state index in [-0.39, 0.29) is 29.8 Å². The average Bonchev–Trinajstić information content (AvgIpc) is 2.66. The van der Waals surface area contributed by atoms with E-state index in [1.807, 2.05) is 6.07 Å². The highest BCUT2D eigenvalue weighted by atomic mass is 127. The van der Waals surface area contributed by atoms with Crippen LogP contribution in [0.3, 0.4) is 0 Å². The molecule has 0 saturated carbocycles. The molecule has 1 aromatic carbocycles. The largest absolute Gasteiger partial charge is 0.355 e. The molecule has 26 heavy (non-hydrogen) atoms. The molecule has 1 aliphatic rings. The average molecular weight is 473 g/mol. The summed E-state index contributed by atoms with van der Waals surface area (Å²) >= 11 is 0. The van der Waals surface area contributed by atoms with Gasteiger partial charge >= 0.3 is 0 Å². The molecule has 5 nitrogen and oxygen atoms in total. The fraction of sp³-hybridized carbons (Fsp3) is 0.579. The Labute approximate surface area is 173 Å². The Morgan fingerprint density at radius 1 is 1.38 bits per heavy atom. The number of nitrogens with zero attached hydrogens (tertiary/aromatic N) is 3. The molecule has 1 heterocycles. The SMILES string of the molecule is CCC1CCCCN1CCNC(=NC)NCc1cc(C#N)ccc1F.I. The molecule has 0 amide bonds. The van der Waals surface area contributed by atoms with Gasteiger partial charge in [-0.25, -0.2) is 4.39 Å². The monoisotopic (exact) mass is 473 g/mol. The highest BCUT2D eigenvalue weighted by molar-refractivity contribution is 14.0. The summed E-state index contributed by atoms with van der Waals surface area (Å²) in [7, 11) is 1.70. The summed E-state index contributed by atoms with van der Waals surface area (Å²) in [6.07, 6.45) is 5.09. The fourth-order valence-corrected chi connectivity index (χ4v) is 3.31. The maximum Gasteiger partial charge on any atom is 0.191 e. The van der Waals surface area contributed by atoms with Crippen molar-refractivity contribution in [1.82, 2.24) is 15.5 Å². The molecule has 2 rings (SSSR count). The van der Waals surface area contributed by atoms with Crippen molar-refractivity contribution in [3.05, 3.63) is 35.1 Å². The zero-order valence-corrected chi connectivity index (χ0v) is 17.9. The number of nitriles is 1. The summed E-state index contributed by atoms with van der Waals surface area (Å²) in [5.74, 6) is 0.327. The first-order valence-electron chi connectivity index (χ1n) is 9.05. The number of hydrogen-bond acceptors (Lipinski definition) is 3. The van der Waals surface area contributed by atoms with Crippen molar-refractivity contribution in [3.63, 3.8) is 0 Å². The fourth-order valence-electron chi connectivity index (χ4n) is 3.31. The first kappa shape index (κ1) is 22.6. The summed E-state index contributed by atoms with van der Waals surface area (Å²) in [5, 5.41) is 15.3. The molecule has 0 radical (unpaired) electrons. The molecule has 0 aromatic heterocycles. The van der Waals surface area contributed by atoms with Gasteiger partial charge in [-0.3, -0.25) is 9.89 Å². The van der Waals surface area contributed by atoms with Gasteiger partial charge in [0, 0.05) is 38.3 Å². The van der Waals surface area contributed by atoms with E-state index in [9.17, 15) is 4.39 Å². The smallest absolute Gasteiger partial charge is 0.191 e. The lowest BCUT2D eigenvalue weighted by atomic mass is 10.0. The standard InChI is InChI=1S/C19H28FN5.HI/c1-3-17-6-4-5-10-25(17)11-9-23-19(22-2)24-14-16-12-15(13-21)7-8-18(16)20;/h7-8,12,17H,3-6,9-11,14H2,1-2H3,(H2,22,23,24);1H. The number of halogens is 2. The third-order valence-electron chi connectivity index (χ3n) is 4.76. The predicted octanol–water partition coefficient (Wildman–Crippen LogP) is 3.24. The molecule has 0 bridgehead atoms. The van der Waals surface area contributed by atoms with Gasteiger partial charge in [0.15, 0.2) is 5.96 Å². The van der Waals surface area contributed by atoms with Crippen LogP contribution in [0.25, 0.3) is 0 Å². The minimum absolute atomic E-state index is 0. The van der Waals surface area contributed by atoms with E-state index in [1.54, 1.807) is 13.1 Å². The van der Waals surface area contributed by atoms with Gasteiger partial charge in [0.05, 0.1) is 11.6 Å². The quantitative estimate of drug-likeness (QED) is 0.379. The number of likely N-dealkylation sites (tertiary alicyclic amines) is 1. The molecular weight excluding hydrogens is 444 g/mol. The topological polar surface area (TPSA) is 63.4 Å². The van der Waals surface area contributed by atoms with Crippen LogP contribution < -0.4 is 10.6 Å². The Kier molecular flexibility index (Phi) is 10.5. The van der Waals surface area contributed by atoms with Crippen molar-refractivity contribution in [3.8, 4) is 6.07 Å². The molecule has 1 saturated heterocycles. The predicted molar refractivity (Wildman–Crippen MR) is 114 cm³/mol. The molecule has 0 aliphatic carbocycles. The lowest BCUT2D eigenvalue weighted by Crippen LogP contribution is -2.45. The Balaban J connectivity index is 0.00000338. The van der Waals surface area contributed by atoms with Crippen molar-refractivity contribution >= 4 is 29.9 Å². The second-order valence-electron chi connectivity index (χ2n) is 6.36. The highest BCUT2D eigenvalue weighted by Crippen LogP contribution is 2.18. The number of hydrogen-bond donors (Lipinski definition) is 2. The van der Waals surface area contributed by atoms with Crippen molar-refractivity contribution in [1.29, 1.82) is 5.26 Å². The summed E-state index contributed by atoms with van der Waals surface area (Å²) in [6.45, 7) is 5.50. The van der Waals surface area contributed by atoms with Crippen molar-refractivity contribution in [2.24, 2.45) is 4.99 Å². The van der Waals surface area contributed by atoms with Gasteiger partial charge in [-0.1, -0.05) is 13.3 Å². The lowest BCUT2D eigenvalue weighted by Gasteiger charge is -2.35. The minimum Gasteiger partial charge on any atom is -0.355 e. The van der Waals surface area contributed by atoms with Crippen molar-refractivity contribution < 1.29 is 4.39 Å². The van der Waals surface area contributed by atoms with Crippen LogP contribution in [-0.2, 0) is 6.54 Å². The molecule has 1 unspecified atom stereocenters. The zero-order chi connectivity index (χ0) is 18.1. The summed E-state index contributed by atoms with van der Waals surface area (Å²) in [5.41, 5.74) is 0.918. The van der Waals surface area contributed by atoms with Crippen LogP contribution in [0, 0.1) is 17.1 Å². The Morgan fingerprint density at radius 3 is 2.88 bits per heavy atom. The van der Waals surface area contributed by atoms with E-state index in [0.29, 0.717) is 29.7 Å². The first-order chi connectivity index (χ1) is 12.2. The molecule has 1 aliphatic heterocycles. The van der Waals surface area contributed by atoms with Gasteiger partial charge < -0.3 is 10.6 Å². The number of benzene rings is 1. The first-order valence-corrected chi connectivity index (χ1v) is 9.05. The van der Waals surface area contributed by atoms with E-state index in [2.05, 4.69) is 27.4 Å². The van der Waals surface area contributed by atoms with Crippen LogP contribution in [0.15, 0.2) is 23.2 Å². The third-order valence-corrected chi connectivity index (χ3v) is 4.76. The van der Waals surface area contributed by atoms with Gasteiger partial charge in [-0.05, 0) is 44.0 Å². The van der Waals surface area contributed by atoms with Crippen LogP contribution in [0.2, 0.25) is 0 Å². The highest BCUT2D eigenvalue weighted by Gasteiger charge is 2.19. The van der Waals surface area contributed by atoms with E-state index < -0.39 is 0 Å². The maximum atomic E-state index is 13.8. The van der Waals surface area contributed by atoms with Crippen LogP contribution in [0.1, 0.15) is 43.7 Å². The number of piperidine rings is 1. The Morgan fingerprint density at radius 2 is 2.19 bits per heavy atom. The molecule has 144 valence electrons. The normalized spacial score (nSPS) is 17.9. The van der Waals surface area contributed by atoms with Crippen LogP contribution >= 0.6 is 24.0 Å². The number of guanidine groups is 1. The summed E-state index contributed by atoms with van der Waals surface area (Å²) in [6, 6.07) is 7.09. The van der Waals surface area contributed by atoms with Gasteiger partial charge in [0.2, 0.25) is 0 Å². The lowest BCUT2D eigenvalue weighted by molar-refractivity contribution is 0.147. The number of nitrogens with one attached hydrogen (secondary N) is 2. The van der Waals surface area contributed by atoms with Gasteiger partial charge in [-0.2, -0.15) is 5.26 Å². The number of rotatable bonds is 6. The van der Waals surface area contributed by atoms with E-state index >= 15 is 0 Å². The second-order valence-corrected chi connectivity index (χ2v) is 6.36. The Bertz CT molecular complexity index is 629. The van der Waals surface area contributed by atoms with Crippen LogP contribution in [-0.4, -0.2) is 43.6 Å². The molecule has 0 spiro atoms. The Hall–Kier alpha value is -1.40. The van der Waals surface area contributed by atoms with Gasteiger partial charge in [0.25, 0.3) is 0 Å². The van der Waals surface area contributed by atoms with Crippen LogP contribution in [0.5, 0.6) is 0 Å². The van der Waals surface area contributed by atoms with E-state index in [1.165, 1.54) is 44.4 Å². The summed E-state index contributed by atoms with van der Waals surface area (Å²) < 4.78 is 13.8. The van der Waals surface area contributed by atoms with E-state index in [0.717, 1.165) is 13.1 Å². The molecule has 2 N–H and O–H groups in total. The maximum absolute atomic E-state index is 13.8. The van der Waals surface area contributed by atoms with Crippen molar-refractivity contribution in [2.75, 3.05) is 26.7 Å². The van der Waals surface area contributed by atoms with E-state index in [4.69, 9.17) is 5.26 Å². The summed E-state index contributed by atoms with van der Waals surface area (Å²) in [4.78, 5) is 6.73. The molecule has 1 atom stereocenters. The zero-order valence-electron chi connectivity index (χ0n) is 15.6. The van der Waals surface area contributed by atoms with Gasteiger partial charge in [0.1, 0.15) is 5.82 Å². The molecule has 7 heteroatoms. The number of aliphatic imine (C=N–C) groups is 1. The molecule has 1 aromatic rings. The molecular formula is C19H29FIN5. The molecule has 1 fully saturated rings. The second kappa shape index (κ2) is 12.1. The third kappa shape index (κ3) is 6.72. The van der Waals surface area contributed by atoms with Gasteiger partial charge in [-0.15, -0.1) is 24.0 Å². The van der Waals surface area contributed by atoms with Crippen molar-refractivity contribution in [2.45, 2.75) is 45.2 Å². The van der Waals surface area contributed by atoms with Crippen LogP contribution in [0.4, 0.5) is 4.39 Å².